The van der Waals surface area contributed by atoms with Gasteiger partial charge in [0.25, 0.3) is 0 Å². The predicted octanol–water partition coefficient (Wildman–Crippen LogP) is 7.48. The summed E-state index contributed by atoms with van der Waals surface area (Å²) in [5.74, 6) is 0. The van der Waals surface area contributed by atoms with Crippen LogP contribution in [0.15, 0.2) is 72.8 Å². The summed E-state index contributed by atoms with van der Waals surface area (Å²) in [5, 5.41) is 5.17. The summed E-state index contributed by atoms with van der Waals surface area (Å²) < 4.78 is 87.5. The number of alkyl halides is 6. The molecule has 1 aliphatic carbocycles. The first-order valence-corrected chi connectivity index (χ1v) is 14.0. The molecular formula is C31H35F6N3. The van der Waals surface area contributed by atoms with Crippen LogP contribution in [0.5, 0.6) is 0 Å². The number of nitrogens with one attached hydrogen (secondary N) is 1. The van der Waals surface area contributed by atoms with Gasteiger partial charge in [0.15, 0.2) is 0 Å². The van der Waals surface area contributed by atoms with Crippen LogP contribution in [-0.2, 0) is 6.54 Å². The number of benzene rings is 3. The first-order chi connectivity index (χ1) is 19.1. The van der Waals surface area contributed by atoms with Crippen molar-refractivity contribution in [3.63, 3.8) is 0 Å². The van der Waals surface area contributed by atoms with Gasteiger partial charge in [-0.15, -0.1) is 0 Å². The maximum atomic E-state index is 14.6. The normalized spacial score (nSPS) is 22.9. The summed E-state index contributed by atoms with van der Waals surface area (Å²) in [4.78, 5) is 2.20. The number of piperazine rings is 1. The molecule has 40 heavy (non-hydrogen) atoms. The summed E-state index contributed by atoms with van der Waals surface area (Å²) in [7, 11) is 0. The van der Waals surface area contributed by atoms with Crippen molar-refractivity contribution in [2.45, 2.75) is 75.2 Å². The second-order valence-electron chi connectivity index (χ2n) is 11.0. The molecule has 0 radical (unpaired) electrons. The Balaban J connectivity index is 1.49. The van der Waals surface area contributed by atoms with Crippen LogP contribution >= 0.6 is 0 Å². The van der Waals surface area contributed by atoms with Gasteiger partial charge in [0, 0.05) is 38.3 Å². The van der Waals surface area contributed by atoms with E-state index in [9.17, 15) is 26.3 Å². The highest BCUT2D eigenvalue weighted by Gasteiger charge is 2.58. The number of rotatable bonds is 7. The van der Waals surface area contributed by atoms with E-state index in [2.05, 4.69) is 5.32 Å². The lowest BCUT2D eigenvalue weighted by Gasteiger charge is -2.53. The van der Waals surface area contributed by atoms with Gasteiger partial charge in [-0.1, -0.05) is 86.0 Å². The van der Waals surface area contributed by atoms with Gasteiger partial charge in [0.1, 0.15) is 12.1 Å². The fourth-order valence-corrected chi connectivity index (χ4v) is 6.43. The van der Waals surface area contributed by atoms with E-state index in [1.54, 1.807) is 0 Å². The molecule has 0 bridgehead atoms. The predicted molar refractivity (Wildman–Crippen MR) is 145 cm³/mol. The summed E-state index contributed by atoms with van der Waals surface area (Å²) in [6.07, 6.45) is -6.68. The molecule has 3 aromatic rings. The fraction of sp³-hybridized carbons (Fsp3) is 0.484. The van der Waals surface area contributed by atoms with Crippen molar-refractivity contribution in [1.82, 2.24) is 15.1 Å². The Morgan fingerprint density at radius 1 is 0.725 bits per heavy atom. The van der Waals surface area contributed by atoms with Crippen LogP contribution in [0.25, 0.3) is 10.8 Å². The largest absolute Gasteiger partial charge is 0.405 e. The van der Waals surface area contributed by atoms with E-state index in [0.29, 0.717) is 37.8 Å². The molecule has 3 atom stereocenters. The lowest BCUT2D eigenvalue weighted by molar-refractivity contribution is -0.266. The zero-order chi connectivity index (χ0) is 28.3. The maximum Gasteiger partial charge on any atom is 0.405 e. The molecule has 1 N–H and O–H groups in total. The second kappa shape index (κ2) is 12.1. The zero-order valence-corrected chi connectivity index (χ0v) is 22.3. The van der Waals surface area contributed by atoms with Crippen LogP contribution in [0.2, 0.25) is 0 Å². The van der Waals surface area contributed by atoms with Crippen LogP contribution in [0.1, 0.15) is 49.3 Å². The Morgan fingerprint density at radius 2 is 1.32 bits per heavy atom. The van der Waals surface area contributed by atoms with Gasteiger partial charge in [-0.3, -0.25) is 9.80 Å². The molecule has 9 heteroatoms. The third-order valence-electron chi connectivity index (χ3n) is 8.40. The van der Waals surface area contributed by atoms with Crippen LogP contribution < -0.4 is 5.32 Å². The number of nitrogens with zero attached hydrogens (tertiary/aromatic N) is 2. The van der Waals surface area contributed by atoms with E-state index in [1.165, 1.54) is 4.90 Å². The minimum atomic E-state index is -4.79. The van der Waals surface area contributed by atoms with Crippen molar-refractivity contribution >= 4 is 10.8 Å². The summed E-state index contributed by atoms with van der Waals surface area (Å²) in [6, 6.07) is 17.0. The van der Waals surface area contributed by atoms with E-state index in [-0.39, 0.29) is 6.54 Å². The fourth-order valence-electron chi connectivity index (χ4n) is 6.43. The smallest absolute Gasteiger partial charge is 0.311 e. The first-order valence-electron chi connectivity index (χ1n) is 14.0. The number of halogens is 6. The molecule has 0 aromatic heterocycles. The molecule has 3 unspecified atom stereocenters. The van der Waals surface area contributed by atoms with Gasteiger partial charge in [-0.25, -0.2) is 0 Å². The Hall–Kier alpha value is -2.62. The number of fused-ring (bicyclic) bond motifs is 1. The van der Waals surface area contributed by atoms with Crippen molar-refractivity contribution in [3.8, 4) is 0 Å². The van der Waals surface area contributed by atoms with Crippen molar-refractivity contribution in [2.75, 3.05) is 19.6 Å². The lowest BCUT2D eigenvalue weighted by atomic mass is 9.89. The standard InChI is InChI=1S/C31H35F6N3/c32-30(33,34)28-20-39(21-29(31(35,36)37)40(28)26-13-5-2-6-14-26)27(19-38-18-22-9-3-1-4-10-22)25-16-15-23-11-7-8-12-24(23)17-25/h1,3-4,7-12,15-17,26-29,38H,2,5-6,13-14,18-21H2. The van der Waals surface area contributed by atoms with Crippen LogP contribution in [0, 0.1) is 0 Å². The monoisotopic (exact) mass is 563 g/mol. The number of hydrogen-bond donors (Lipinski definition) is 1. The first kappa shape index (κ1) is 28.9. The average molecular weight is 564 g/mol. The molecule has 1 aliphatic heterocycles. The average Bonchev–Trinajstić information content (AvgIpc) is 2.94. The lowest BCUT2D eigenvalue weighted by Crippen LogP contribution is -2.70. The summed E-state index contributed by atoms with van der Waals surface area (Å²) >= 11 is 0. The molecule has 1 saturated heterocycles. The highest BCUT2D eigenvalue weighted by Crippen LogP contribution is 2.42. The molecule has 3 nitrogen and oxygen atoms in total. The van der Waals surface area contributed by atoms with E-state index < -0.39 is 49.6 Å². The van der Waals surface area contributed by atoms with Gasteiger partial charge < -0.3 is 5.32 Å². The molecule has 5 rings (SSSR count). The van der Waals surface area contributed by atoms with Crippen molar-refractivity contribution in [1.29, 1.82) is 0 Å². The van der Waals surface area contributed by atoms with Gasteiger partial charge in [0.2, 0.25) is 0 Å². The van der Waals surface area contributed by atoms with Gasteiger partial charge in [-0.2, -0.15) is 26.3 Å². The topological polar surface area (TPSA) is 18.5 Å². The third kappa shape index (κ3) is 6.64. The molecule has 1 saturated carbocycles. The molecule has 3 aromatic carbocycles. The van der Waals surface area contributed by atoms with Crippen molar-refractivity contribution in [2.24, 2.45) is 0 Å². The summed E-state index contributed by atoms with van der Waals surface area (Å²) in [5.41, 5.74) is 1.69. The minimum Gasteiger partial charge on any atom is -0.311 e. The number of hydrogen-bond acceptors (Lipinski definition) is 3. The van der Waals surface area contributed by atoms with Crippen molar-refractivity contribution < 1.29 is 26.3 Å². The van der Waals surface area contributed by atoms with Crippen LogP contribution in [-0.4, -0.2) is 59.9 Å². The second-order valence-corrected chi connectivity index (χ2v) is 11.0. The van der Waals surface area contributed by atoms with E-state index in [1.807, 2.05) is 72.8 Å². The van der Waals surface area contributed by atoms with Crippen molar-refractivity contribution in [3.05, 3.63) is 83.9 Å². The SMILES string of the molecule is FC(F)(F)C1CN(C(CNCc2ccccc2)c2ccc3ccccc3c2)CC(C(F)(F)F)N1C1CCCCC1. The third-order valence-corrected chi connectivity index (χ3v) is 8.40. The minimum absolute atomic E-state index is 0.214. The molecular weight excluding hydrogens is 528 g/mol. The Labute approximate surface area is 231 Å². The van der Waals surface area contributed by atoms with E-state index in [0.717, 1.165) is 27.7 Å². The van der Waals surface area contributed by atoms with Gasteiger partial charge in [0.05, 0.1) is 0 Å². The van der Waals surface area contributed by atoms with E-state index in [4.69, 9.17) is 0 Å². The molecule has 2 fully saturated rings. The highest BCUT2D eigenvalue weighted by atomic mass is 19.4. The molecule has 216 valence electrons. The molecule has 0 amide bonds. The molecule has 1 heterocycles. The molecule has 0 spiro atoms. The van der Waals surface area contributed by atoms with E-state index >= 15 is 0 Å². The summed E-state index contributed by atoms with van der Waals surface area (Å²) in [6.45, 7) is -0.335. The molecule has 2 aliphatic rings. The maximum absolute atomic E-state index is 14.6. The van der Waals surface area contributed by atoms with Gasteiger partial charge >= 0.3 is 12.4 Å². The zero-order valence-electron chi connectivity index (χ0n) is 22.3. The van der Waals surface area contributed by atoms with Crippen LogP contribution in [0.3, 0.4) is 0 Å². The highest BCUT2D eigenvalue weighted by molar-refractivity contribution is 5.83. The Morgan fingerprint density at radius 3 is 1.95 bits per heavy atom. The quantitative estimate of drug-likeness (QED) is 0.301. The Bertz CT molecular complexity index is 1220. The Kier molecular flexibility index (Phi) is 8.73. The van der Waals surface area contributed by atoms with Gasteiger partial charge in [-0.05, 0) is 40.8 Å². The van der Waals surface area contributed by atoms with Crippen LogP contribution in [0.4, 0.5) is 26.3 Å².